The molecule has 0 aliphatic carbocycles. The lowest BCUT2D eigenvalue weighted by atomic mass is 10.2. The van der Waals surface area contributed by atoms with Crippen LogP contribution in [0.15, 0.2) is 5.38 Å². The Morgan fingerprint density at radius 2 is 2.39 bits per heavy atom. The average molecular weight is 290 g/mol. The highest BCUT2D eigenvalue weighted by atomic mass is 35.5. The molecule has 2 heterocycles. The molecule has 6 heteroatoms. The molecule has 1 aliphatic heterocycles. The molecule has 2 unspecified atom stereocenters. The number of morpholine rings is 1. The van der Waals surface area contributed by atoms with Gasteiger partial charge in [0.05, 0.1) is 23.8 Å². The average Bonchev–Trinajstić information content (AvgIpc) is 2.68. The van der Waals surface area contributed by atoms with Crippen molar-refractivity contribution in [3.8, 4) is 0 Å². The third-order valence-electron chi connectivity index (χ3n) is 2.91. The molecule has 1 aromatic heterocycles. The maximum Gasteiger partial charge on any atom is 0.265 e. The molecular weight excluding hydrogens is 274 g/mol. The van der Waals surface area contributed by atoms with Crippen molar-refractivity contribution in [1.29, 1.82) is 0 Å². The van der Waals surface area contributed by atoms with Crippen LogP contribution in [0.1, 0.15) is 22.2 Å². The number of aryl methyl sites for hydroxylation is 1. The van der Waals surface area contributed by atoms with Gasteiger partial charge >= 0.3 is 0 Å². The van der Waals surface area contributed by atoms with E-state index in [1.165, 1.54) is 11.3 Å². The monoisotopic (exact) mass is 289 g/mol. The maximum absolute atomic E-state index is 12.4. The molecule has 0 bridgehead atoms. The number of hydrogen-bond acceptors (Lipinski definition) is 4. The second kappa shape index (κ2) is 5.57. The molecule has 1 saturated heterocycles. The number of thiophene rings is 1. The summed E-state index contributed by atoms with van der Waals surface area (Å²) in [6, 6.07) is 0. The lowest BCUT2D eigenvalue weighted by Crippen LogP contribution is -2.50. The molecule has 0 radical (unpaired) electrons. The molecule has 2 rings (SSSR count). The lowest BCUT2D eigenvalue weighted by Gasteiger charge is -2.35. The third-order valence-corrected chi connectivity index (χ3v) is 4.60. The normalized spacial score (nSPS) is 24.3. The zero-order valence-corrected chi connectivity index (χ0v) is 11.9. The Labute approximate surface area is 115 Å². The minimum absolute atomic E-state index is 0.0697. The Bertz CT molecular complexity index is 449. The van der Waals surface area contributed by atoms with Gasteiger partial charge in [-0.15, -0.1) is 11.3 Å². The maximum atomic E-state index is 12.4. The highest BCUT2D eigenvalue weighted by Crippen LogP contribution is 2.29. The molecule has 1 aliphatic rings. The van der Waals surface area contributed by atoms with E-state index in [1.807, 2.05) is 19.2 Å². The summed E-state index contributed by atoms with van der Waals surface area (Å²) in [4.78, 5) is 14.6. The van der Waals surface area contributed by atoms with Gasteiger partial charge in [0, 0.05) is 13.1 Å². The van der Waals surface area contributed by atoms with E-state index in [9.17, 15) is 4.79 Å². The van der Waals surface area contributed by atoms with Crippen molar-refractivity contribution in [2.45, 2.75) is 26.1 Å². The first-order chi connectivity index (χ1) is 8.52. The largest absolute Gasteiger partial charge is 0.394 e. The van der Waals surface area contributed by atoms with Crippen LogP contribution < -0.4 is 0 Å². The molecular formula is C12H16ClNO3S. The summed E-state index contributed by atoms with van der Waals surface area (Å²) >= 11 is 7.47. The van der Waals surface area contributed by atoms with Crippen LogP contribution in [0.2, 0.25) is 5.02 Å². The van der Waals surface area contributed by atoms with Crippen LogP contribution in [0.3, 0.4) is 0 Å². The van der Waals surface area contributed by atoms with Gasteiger partial charge in [-0.05, 0) is 24.8 Å². The summed E-state index contributed by atoms with van der Waals surface area (Å²) in [5, 5.41) is 11.6. The van der Waals surface area contributed by atoms with Crippen molar-refractivity contribution < 1.29 is 14.6 Å². The van der Waals surface area contributed by atoms with Crippen LogP contribution in [0.4, 0.5) is 0 Å². The molecule has 1 N–H and O–H groups in total. The van der Waals surface area contributed by atoms with Crippen molar-refractivity contribution in [1.82, 2.24) is 4.90 Å². The number of aliphatic hydroxyl groups excluding tert-OH is 1. The van der Waals surface area contributed by atoms with Crippen LogP contribution >= 0.6 is 22.9 Å². The molecule has 1 amide bonds. The van der Waals surface area contributed by atoms with Crippen molar-refractivity contribution in [3.05, 3.63) is 20.8 Å². The van der Waals surface area contributed by atoms with E-state index in [1.54, 1.807) is 4.90 Å². The fraction of sp³-hybridized carbons (Fsp3) is 0.583. The zero-order valence-electron chi connectivity index (χ0n) is 10.4. The molecule has 0 aromatic carbocycles. The number of aliphatic hydroxyl groups is 1. The molecule has 0 spiro atoms. The van der Waals surface area contributed by atoms with Crippen LogP contribution in [-0.2, 0) is 4.74 Å². The summed E-state index contributed by atoms with van der Waals surface area (Å²) < 4.78 is 5.51. The smallest absolute Gasteiger partial charge is 0.265 e. The first-order valence-electron chi connectivity index (χ1n) is 5.82. The number of amides is 1. The Kier molecular flexibility index (Phi) is 4.27. The Morgan fingerprint density at radius 3 is 2.94 bits per heavy atom. The highest BCUT2D eigenvalue weighted by molar-refractivity contribution is 7.13. The van der Waals surface area contributed by atoms with Crippen molar-refractivity contribution in [2.24, 2.45) is 0 Å². The first kappa shape index (κ1) is 13.8. The van der Waals surface area contributed by atoms with E-state index in [0.29, 0.717) is 23.0 Å². The van der Waals surface area contributed by atoms with Gasteiger partial charge in [0.25, 0.3) is 5.91 Å². The predicted molar refractivity (Wildman–Crippen MR) is 71.4 cm³/mol. The van der Waals surface area contributed by atoms with Gasteiger partial charge in [0.1, 0.15) is 4.88 Å². The van der Waals surface area contributed by atoms with Crippen molar-refractivity contribution in [3.63, 3.8) is 0 Å². The number of rotatable bonds is 2. The number of hydrogen-bond donors (Lipinski definition) is 1. The fourth-order valence-electron chi connectivity index (χ4n) is 2.03. The van der Waals surface area contributed by atoms with Crippen LogP contribution in [0, 0.1) is 6.92 Å². The SMILES string of the molecule is Cc1csc(C(=O)N2CC(C)OC(CO)C2)c1Cl. The number of halogens is 1. The number of carbonyl (C=O) groups excluding carboxylic acids is 1. The minimum Gasteiger partial charge on any atom is -0.394 e. The van der Waals surface area contributed by atoms with Gasteiger partial charge in [-0.25, -0.2) is 0 Å². The predicted octanol–water partition coefficient (Wildman–Crippen LogP) is 1.93. The second-order valence-electron chi connectivity index (χ2n) is 4.52. The van der Waals surface area contributed by atoms with Gasteiger partial charge in [-0.1, -0.05) is 11.6 Å². The second-order valence-corrected chi connectivity index (χ2v) is 5.78. The standard InChI is InChI=1S/C12H16ClNO3S/c1-7-6-18-11(10(7)13)12(16)14-3-8(2)17-9(4-14)5-15/h6,8-9,15H,3-5H2,1-2H3. The Hall–Kier alpha value is -0.620. The number of ether oxygens (including phenoxy) is 1. The molecule has 4 nitrogen and oxygen atoms in total. The van der Waals surface area contributed by atoms with Gasteiger partial charge in [0.15, 0.2) is 0 Å². The summed E-state index contributed by atoms with van der Waals surface area (Å²) in [7, 11) is 0. The van der Waals surface area contributed by atoms with E-state index < -0.39 is 0 Å². The van der Waals surface area contributed by atoms with Gasteiger partial charge in [0.2, 0.25) is 0 Å². The molecule has 2 atom stereocenters. The van der Waals surface area contributed by atoms with E-state index in [0.717, 1.165) is 5.56 Å². The van der Waals surface area contributed by atoms with Gasteiger partial charge < -0.3 is 14.7 Å². The zero-order chi connectivity index (χ0) is 13.3. The van der Waals surface area contributed by atoms with E-state index >= 15 is 0 Å². The number of nitrogens with zero attached hydrogens (tertiary/aromatic N) is 1. The molecule has 0 saturated carbocycles. The van der Waals surface area contributed by atoms with E-state index in [2.05, 4.69) is 0 Å². The highest BCUT2D eigenvalue weighted by Gasteiger charge is 2.30. The Balaban J connectivity index is 2.15. The summed E-state index contributed by atoms with van der Waals surface area (Å²) in [5.74, 6) is -0.0771. The van der Waals surface area contributed by atoms with Crippen molar-refractivity contribution >= 4 is 28.8 Å². The van der Waals surface area contributed by atoms with Gasteiger partial charge in [-0.2, -0.15) is 0 Å². The van der Waals surface area contributed by atoms with Crippen LogP contribution in [0.25, 0.3) is 0 Å². The first-order valence-corrected chi connectivity index (χ1v) is 7.08. The van der Waals surface area contributed by atoms with Crippen LogP contribution in [0.5, 0.6) is 0 Å². The quantitative estimate of drug-likeness (QED) is 0.905. The third kappa shape index (κ3) is 2.69. The summed E-state index contributed by atoms with van der Waals surface area (Å²) in [6.07, 6.45) is -0.378. The molecule has 1 aromatic rings. The topological polar surface area (TPSA) is 49.8 Å². The van der Waals surface area contributed by atoms with Gasteiger partial charge in [-0.3, -0.25) is 4.79 Å². The Morgan fingerprint density at radius 1 is 1.67 bits per heavy atom. The number of carbonyl (C=O) groups is 1. The molecule has 18 heavy (non-hydrogen) atoms. The van der Waals surface area contributed by atoms with Crippen LogP contribution in [-0.4, -0.2) is 47.8 Å². The lowest BCUT2D eigenvalue weighted by molar-refractivity contribution is -0.0857. The van der Waals surface area contributed by atoms with E-state index in [-0.39, 0.29) is 24.7 Å². The molecule has 100 valence electrons. The summed E-state index contributed by atoms with van der Waals surface area (Å²) in [6.45, 7) is 4.64. The van der Waals surface area contributed by atoms with E-state index in [4.69, 9.17) is 21.4 Å². The minimum atomic E-state index is -0.308. The molecule has 1 fully saturated rings. The summed E-state index contributed by atoms with van der Waals surface area (Å²) in [5.41, 5.74) is 0.921. The van der Waals surface area contributed by atoms with Crippen molar-refractivity contribution in [2.75, 3.05) is 19.7 Å². The fourth-order valence-corrected chi connectivity index (χ4v) is 3.27.